The highest BCUT2D eigenvalue weighted by Crippen LogP contribution is 2.27. The molecule has 0 fully saturated rings. The first kappa shape index (κ1) is 34.5. The van der Waals surface area contributed by atoms with Gasteiger partial charge in [0.1, 0.15) is 29.2 Å². The number of alkyl carbamates (subject to hydrolysis) is 1. The first-order chi connectivity index (χ1) is 19.9. The summed E-state index contributed by atoms with van der Waals surface area (Å²) in [5, 5.41) is 25.8. The van der Waals surface area contributed by atoms with E-state index in [9.17, 15) is 24.6 Å². The molecule has 2 atom stereocenters. The topological polar surface area (TPSA) is 128 Å². The molecule has 2 aromatic carbocycles. The van der Waals surface area contributed by atoms with E-state index in [1.807, 2.05) is 0 Å². The average molecular weight is 584 g/mol. The summed E-state index contributed by atoms with van der Waals surface area (Å²) in [6, 6.07) is 10.7. The molecule has 3 amide bonds. The molecule has 2 rings (SSSR count). The summed E-state index contributed by atoms with van der Waals surface area (Å²) in [4.78, 5) is 42.6. The Morgan fingerprint density at radius 3 is 2.17 bits per heavy atom. The normalized spacial score (nSPS) is 12.7. The largest absolute Gasteiger partial charge is 0.508 e. The number of nitrogens with zero attached hydrogens (tertiary/aromatic N) is 1. The van der Waals surface area contributed by atoms with Crippen LogP contribution in [-0.4, -0.2) is 57.8 Å². The Labute approximate surface area is 250 Å². The zero-order valence-corrected chi connectivity index (χ0v) is 25.8. The fraction of sp³-hybridized carbons (Fsp3) is 0.545. The van der Waals surface area contributed by atoms with Crippen LogP contribution in [0, 0.1) is 0 Å². The van der Waals surface area contributed by atoms with Crippen molar-refractivity contribution in [1.82, 2.24) is 15.5 Å². The zero-order chi connectivity index (χ0) is 31.1. The Morgan fingerprint density at radius 2 is 1.55 bits per heavy atom. The number of carbonyl (C=O) groups excluding carboxylic acids is 3. The van der Waals surface area contributed by atoms with Gasteiger partial charge in [0, 0.05) is 19.5 Å². The smallest absolute Gasteiger partial charge is 0.408 e. The Kier molecular flexibility index (Phi) is 14.2. The van der Waals surface area contributed by atoms with E-state index in [4.69, 9.17) is 4.74 Å². The first-order valence-corrected chi connectivity index (χ1v) is 15.1. The predicted molar refractivity (Wildman–Crippen MR) is 164 cm³/mol. The lowest BCUT2D eigenvalue weighted by atomic mass is 9.99. The molecule has 0 aromatic heterocycles. The molecule has 0 saturated heterocycles. The highest BCUT2D eigenvalue weighted by Gasteiger charge is 2.36. The third-order valence-electron chi connectivity index (χ3n) is 6.73. The van der Waals surface area contributed by atoms with Crippen LogP contribution in [0.15, 0.2) is 48.5 Å². The second-order valence-corrected chi connectivity index (χ2v) is 11.7. The van der Waals surface area contributed by atoms with Crippen molar-refractivity contribution < 1.29 is 29.3 Å². The second-order valence-electron chi connectivity index (χ2n) is 11.7. The molecule has 0 radical (unpaired) electrons. The summed E-state index contributed by atoms with van der Waals surface area (Å²) in [6.45, 7) is 10.1. The average Bonchev–Trinajstić information content (AvgIpc) is 2.92. The maximum absolute atomic E-state index is 14.4. The molecule has 42 heavy (non-hydrogen) atoms. The number of carbonyl (C=O) groups is 3. The van der Waals surface area contributed by atoms with Gasteiger partial charge >= 0.3 is 6.09 Å². The number of amides is 3. The Bertz CT molecular complexity index is 1130. The second kappa shape index (κ2) is 17.3. The molecule has 2 unspecified atom stereocenters. The lowest BCUT2D eigenvalue weighted by Gasteiger charge is -2.34. The number of benzene rings is 2. The van der Waals surface area contributed by atoms with Crippen molar-refractivity contribution in [2.45, 2.75) is 104 Å². The van der Waals surface area contributed by atoms with Gasteiger partial charge in [0.05, 0.1) is 0 Å². The lowest BCUT2D eigenvalue weighted by Crippen LogP contribution is -2.54. The van der Waals surface area contributed by atoms with Crippen LogP contribution in [0.5, 0.6) is 11.5 Å². The van der Waals surface area contributed by atoms with Crippen LogP contribution in [0.2, 0.25) is 0 Å². The number of aromatic hydroxyl groups is 2. The standard InChI is InChI=1S/C33H49N3O6/c1-6-8-10-12-21-36(29(25-14-13-15-27(38)23-25)30(39)34-20-11-9-7-2)31(40)28(35-32(41)42-33(3,4)5)22-24-16-18-26(37)19-17-24/h13-19,23,28-29,37-38H,6-12,20-22H2,1-5H3,(H,34,39)(H,35,41). The van der Waals surface area contributed by atoms with Crippen molar-refractivity contribution in [3.63, 3.8) is 0 Å². The van der Waals surface area contributed by atoms with Crippen LogP contribution in [0.1, 0.15) is 96.7 Å². The molecule has 9 nitrogen and oxygen atoms in total. The van der Waals surface area contributed by atoms with Crippen molar-refractivity contribution in [3.05, 3.63) is 59.7 Å². The van der Waals surface area contributed by atoms with Gasteiger partial charge in [0.2, 0.25) is 11.8 Å². The number of ether oxygens (including phenoxy) is 1. The van der Waals surface area contributed by atoms with Crippen molar-refractivity contribution in [1.29, 1.82) is 0 Å². The van der Waals surface area contributed by atoms with Crippen LogP contribution in [-0.2, 0) is 20.7 Å². The number of hydrogen-bond acceptors (Lipinski definition) is 6. The van der Waals surface area contributed by atoms with Gasteiger partial charge in [-0.3, -0.25) is 9.59 Å². The summed E-state index contributed by atoms with van der Waals surface area (Å²) in [6.07, 6.45) is 5.67. The van der Waals surface area contributed by atoms with Gasteiger partial charge in [-0.25, -0.2) is 4.79 Å². The van der Waals surface area contributed by atoms with Gasteiger partial charge in [-0.05, 0) is 69.0 Å². The fourth-order valence-electron chi connectivity index (χ4n) is 4.64. The third-order valence-corrected chi connectivity index (χ3v) is 6.73. The Morgan fingerprint density at radius 1 is 0.881 bits per heavy atom. The number of phenols is 2. The number of phenolic OH excluding ortho intramolecular Hbond substituents is 2. The van der Waals surface area contributed by atoms with Crippen molar-refractivity contribution in [2.24, 2.45) is 0 Å². The van der Waals surface area contributed by atoms with Crippen molar-refractivity contribution in [3.8, 4) is 11.5 Å². The summed E-state index contributed by atoms with van der Waals surface area (Å²) in [5.41, 5.74) is 0.414. The van der Waals surface area contributed by atoms with Crippen molar-refractivity contribution in [2.75, 3.05) is 13.1 Å². The van der Waals surface area contributed by atoms with Gasteiger partial charge in [-0.15, -0.1) is 0 Å². The van der Waals surface area contributed by atoms with Gasteiger partial charge < -0.3 is 30.5 Å². The van der Waals surface area contributed by atoms with E-state index in [1.165, 1.54) is 29.2 Å². The predicted octanol–water partition coefficient (Wildman–Crippen LogP) is 5.99. The van der Waals surface area contributed by atoms with E-state index >= 15 is 0 Å². The molecule has 0 aliphatic carbocycles. The van der Waals surface area contributed by atoms with Crippen LogP contribution < -0.4 is 10.6 Å². The van der Waals surface area contributed by atoms with Crippen molar-refractivity contribution >= 4 is 17.9 Å². The molecule has 232 valence electrons. The quantitative estimate of drug-likeness (QED) is 0.180. The number of nitrogens with one attached hydrogen (secondary N) is 2. The van der Waals surface area contributed by atoms with E-state index in [-0.39, 0.29) is 30.4 Å². The molecule has 4 N–H and O–H groups in total. The van der Waals surface area contributed by atoms with E-state index in [1.54, 1.807) is 45.0 Å². The Balaban J connectivity index is 2.52. The fourth-order valence-corrected chi connectivity index (χ4v) is 4.64. The maximum atomic E-state index is 14.4. The van der Waals surface area contributed by atoms with Gasteiger partial charge in [0.25, 0.3) is 0 Å². The highest BCUT2D eigenvalue weighted by atomic mass is 16.6. The van der Waals surface area contributed by atoms with Crippen LogP contribution >= 0.6 is 0 Å². The maximum Gasteiger partial charge on any atom is 0.408 e. The summed E-state index contributed by atoms with van der Waals surface area (Å²) in [7, 11) is 0. The molecular weight excluding hydrogens is 534 g/mol. The summed E-state index contributed by atoms with van der Waals surface area (Å²) in [5.74, 6) is -0.714. The molecular formula is C33H49N3O6. The molecule has 0 saturated carbocycles. The SMILES string of the molecule is CCCCCCN(C(=O)C(Cc1ccc(O)cc1)NC(=O)OC(C)(C)C)C(C(=O)NCCCCC)c1cccc(O)c1. The minimum absolute atomic E-state index is 0.0119. The summed E-state index contributed by atoms with van der Waals surface area (Å²) < 4.78 is 5.48. The van der Waals surface area contributed by atoms with Crippen LogP contribution in [0.4, 0.5) is 4.79 Å². The third kappa shape index (κ3) is 12.0. The van der Waals surface area contributed by atoms with Gasteiger partial charge in [-0.2, -0.15) is 0 Å². The van der Waals surface area contributed by atoms with Crippen LogP contribution in [0.3, 0.4) is 0 Å². The molecule has 0 aliphatic rings. The van der Waals surface area contributed by atoms with Gasteiger partial charge in [0.15, 0.2) is 0 Å². The number of hydrogen-bond donors (Lipinski definition) is 4. The monoisotopic (exact) mass is 583 g/mol. The van der Waals surface area contributed by atoms with Gasteiger partial charge in [-0.1, -0.05) is 70.2 Å². The molecule has 0 aliphatic heterocycles. The number of rotatable bonds is 16. The Hall–Kier alpha value is -3.75. The minimum atomic E-state index is -1.05. The van der Waals surface area contributed by atoms with E-state index in [0.717, 1.165) is 38.5 Å². The molecule has 0 heterocycles. The summed E-state index contributed by atoms with van der Waals surface area (Å²) >= 11 is 0. The highest BCUT2D eigenvalue weighted by molar-refractivity contribution is 5.92. The molecule has 0 spiro atoms. The van der Waals surface area contributed by atoms with Crippen LogP contribution in [0.25, 0.3) is 0 Å². The lowest BCUT2D eigenvalue weighted by molar-refractivity contribution is -0.142. The number of unbranched alkanes of at least 4 members (excludes halogenated alkanes) is 5. The zero-order valence-electron chi connectivity index (χ0n) is 25.8. The molecule has 9 heteroatoms. The molecule has 2 aromatic rings. The molecule has 0 bridgehead atoms. The van der Waals surface area contributed by atoms with E-state index in [2.05, 4.69) is 24.5 Å². The first-order valence-electron chi connectivity index (χ1n) is 15.1. The minimum Gasteiger partial charge on any atom is -0.508 e. The van der Waals surface area contributed by atoms with E-state index < -0.39 is 29.7 Å². The van der Waals surface area contributed by atoms with E-state index in [0.29, 0.717) is 24.1 Å².